The number of carbonyl (C=O) groups is 1. The second-order valence-electron chi connectivity index (χ2n) is 6.97. The molecule has 0 aliphatic rings. The van der Waals surface area contributed by atoms with Crippen molar-refractivity contribution in [3.05, 3.63) is 98.3 Å². The molecule has 5 aromatic rings. The Labute approximate surface area is 194 Å². The molecule has 11 nitrogen and oxygen atoms in total. The summed E-state index contributed by atoms with van der Waals surface area (Å²) in [6, 6.07) is 18.1. The summed E-state index contributed by atoms with van der Waals surface area (Å²) in [6.45, 7) is 0. The molecule has 34 heavy (non-hydrogen) atoms. The zero-order chi connectivity index (χ0) is 23.7. The van der Waals surface area contributed by atoms with Gasteiger partial charge < -0.3 is 9.73 Å². The summed E-state index contributed by atoms with van der Waals surface area (Å²) in [5, 5.41) is 19.9. The number of aromatic amines is 1. The van der Waals surface area contributed by atoms with Gasteiger partial charge in [-0.2, -0.15) is 9.78 Å². The summed E-state index contributed by atoms with van der Waals surface area (Å²) in [4.78, 5) is 43.3. The van der Waals surface area contributed by atoms with Crippen molar-refractivity contribution in [1.82, 2.24) is 19.7 Å². The largest absolute Gasteiger partial charge is 0.433 e. The van der Waals surface area contributed by atoms with Crippen LogP contribution in [0.25, 0.3) is 27.8 Å². The monoisotopic (exact) mass is 474 g/mol. The molecule has 0 saturated heterocycles. The molecule has 0 saturated carbocycles. The van der Waals surface area contributed by atoms with Gasteiger partial charge in [0.2, 0.25) is 5.95 Å². The van der Waals surface area contributed by atoms with Gasteiger partial charge in [0.25, 0.3) is 11.5 Å². The number of amides is 1. The van der Waals surface area contributed by atoms with Crippen molar-refractivity contribution < 1.29 is 14.1 Å². The van der Waals surface area contributed by atoms with Gasteiger partial charge in [0.15, 0.2) is 5.76 Å². The van der Waals surface area contributed by atoms with E-state index in [2.05, 4.69) is 20.4 Å². The van der Waals surface area contributed by atoms with Crippen LogP contribution in [-0.4, -0.2) is 30.6 Å². The van der Waals surface area contributed by atoms with Gasteiger partial charge in [-0.25, -0.2) is 4.98 Å². The fraction of sp³-hybridized carbons (Fsp3) is 0. The molecule has 0 unspecified atom stereocenters. The van der Waals surface area contributed by atoms with Crippen molar-refractivity contribution in [3.8, 4) is 27.8 Å². The van der Waals surface area contributed by atoms with E-state index in [1.807, 2.05) is 47.8 Å². The summed E-state index contributed by atoms with van der Waals surface area (Å²) >= 11 is 1.44. The molecule has 0 aliphatic carbocycles. The smallest absolute Gasteiger partial charge is 0.395 e. The Morgan fingerprint density at radius 3 is 2.62 bits per heavy atom. The number of hydrogen-bond donors (Lipinski definition) is 2. The fourth-order valence-electron chi connectivity index (χ4n) is 3.20. The second kappa shape index (κ2) is 8.60. The minimum Gasteiger partial charge on any atom is -0.395 e. The van der Waals surface area contributed by atoms with Crippen LogP contribution in [0.1, 0.15) is 10.6 Å². The number of H-pyrrole nitrogens is 1. The molecule has 1 amide bonds. The maximum Gasteiger partial charge on any atom is 0.433 e. The number of hydrogen-bond acceptors (Lipinski definition) is 8. The Balaban J connectivity index is 1.58. The third kappa shape index (κ3) is 4.12. The average molecular weight is 474 g/mol. The first-order valence-electron chi connectivity index (χ1n) is 9.84. The van der Waals surface area contributed by atoms with E-state index in [0.29, 0.717) is 11.4 Å². The lowest BCUT2D eigenvalue weighted by Gasteiger charge is -2.08. The van der Waals surface area contributed by atoms with E-state index in [-0.39, 0.29) is 17.5 Å². The lowest BCUT2D eigenvalue weighted by atomic mass is 10.1. The predicted molar refractivity (Wildman–Crippen MR) is 124 cm³/mol. The Bertz CT molecular complexity index is 1550. The fourth-order valence-corrected chi connectivity index (χ4v) is 3.89. The lowest BCUT2D eigenvalue weighted by molar-refractivity contribution is -0.402. The van der Waals surface area contributed by atoms with Crippen molar-refractivity contribution in [2.45, 2.75) is 0 Å². The summed E-state index contributed by atoms with van der Waals surface area (Å²) in [6.07, 6.45) is 0. The van der Waals surface area contributed by atoms with Crippen LogP contribution in [0.4, 0.5) is 11.7 Å². The van der Waals surface area contributed by atoms with Crippen LogP contribution >= 0.6 is 11.3 Å². The number of aromatic nitrogens is 4. The zero-order valence-electron chi connectivity index (χ0n) is 17.2. The maximum atomic E-state index is 12.7. The quantitative estimate of drug-likeness (QED) is 0.278. The Morgan fingerprint density at radius 2 is 1.91 bits per heavy atom. The van der Waals surface area contributed by atoms with Crippen molar-refractivity contribution in [1.29, 1.82) is 0 Å². The normalized spacial score (nSPS) is 10.8. The summed E-state index contributed by atoms with van der Waals surface area (Å²) in [5.74, 6) is -1.28. The van der Waals surface area contributed by atoms with Crippen LogP contribution in [-0.2, 0) is 0 Å². The SMILES string of the molecule is O=C(Nc1cc(-c2cccs2)nn1-c1nc(-c2ccccc2)cc(=O)[nH]1)c1ccc([N+](=O)[O-])o1. The lowest BCUT2D eigenvalue weighted by Crippen LogP contribution is -2.18. The molecule has 4 heterocycles. The number of anilines is 1. The van der Waals surface area contributed by atoms with Gasteiger partial charge in [-0.1, -0.05) is 36.4 Å². The average Bonchev–Trinajstić information content (AvgIpc) is 3.59. The van der Waals surface area contributed by atoms with Crippen LogP contribution < -0.4 is 10.9 Å². The third-order valence-corrected chi connectivity index (χ3v) is 5.61. The van der Waals surface area contributed by atoms with E-state index in [4.69, 9.17) is 4.42 Å². The molecule has 1 aromatic carbocycles. The summed E-state index contributed by atoms with van der Waals surface area (Å²) in [5.41, 5.74) is 1.28. The topological polar surface area (TPSA) is 149 Å². The molecule has 168 valence electrons. The highest BCUT2D eigenvalue weighted by Crippen LogP contribution is 2.28. The van der Waals surface area contributed by atoms with Gasteiger partial charge in [-0.05, 0) is 17.5 Å². The van der Waals surface area contributed by atoms with Crippen molar-refractivity contribution in [3.63, 3.8) is 0 Å². The molecule has 2 N–H and O–H groups in total. The van der Waals surface area contributed by atoms with Gasteiger partial charge in [-0.3, -0.25) is 24.7 Å². The van der Waals surface area contributed by atoms with Crippen LogP contribution in [0, 0.1) is 10.1 Å². The number of furan rings is 1. The van der Waals surface area contributed by atoms with Gasteiger partial charge in [0.05, 0.1) is 16.6 Å². The Morgan fingerprint density at radius 1 is 1.09 bits per heavy atom. The maximum absolute atomic E-state index is 12.7. The number of carbonyl (C=O) groups excluding carboxylic acids is 1. The van der Waals surface area contributed by atoms with Gasteiger partial charge in [0, 0.05) is 17.7 Å². The second-order valence-corrected chi connectivity index (χ2v) is 7.92. The molecule has 5 rings (SSSR count). The van der Waals surface area contributed by atoms with Crippen LogP contribution in [0.2, 0.25) is 0 Å². The molecule has 0 radical (unpaired) electrons. The van der Waals surface area contributed by atoms with E-state index in [1.54, 1.807) is 6.07 Å². The summed E-state index contributed by atoms with van der Waals surface area (Å²) in [7, 11) is 0. The Kier molecular flexibility index (Phi) is 5.32. The van der Waals surface area contributed by atoms with Crippen LogP contribution in [0.3, 0.4) is 0 Å². The highest BCUT2D eigenvalue weighted by Gasteiger charge is 2.21. The molecular weight excluding hydrogens is 460 g/mol. The van der Waals surface area contributed by atoms with Crippen LogP contribution in [0.15, 0.2) is 81.3 Å². The number of benzene rings is 1. The van der Waals surface area contributed by atoms with E-state index < -0.39 is 22.3 Å². The van der Waals surface area contributed by atoms with Crippen molar-refractivity contribution >= 4 is 28.9 Å². The molecule has 0 bridgehead atoms. The predicted octanol–water partition coefficient (Wildman–Crippen LogP) is 4.10. The van der Waals surface area contributed by atoms with E-state index in [1.165, 1.54) is 28.2 Å². The standard InChI is InChI=1S/C22H14N6O5S/c29-19-12-14(13-5-2-1-3-6-13)23-22(25-19)27-18(11-15(26-27)17-7-4-10-34-17)24-21(30)16-8-9-20(33-16)28(31)32/h1-12H,(H,24,30)(H,23,25,29). The minimum absolute atomic E-state index is 0.0786. The molecule has 0 atom stereocenters. The van der Waals surface area contributed by atoms with Gasteiger partial charge >= 0.3 is 5.88 Å². The minimum atomic E-state index is -0.736. The molecular formula is C22H14N6O5S. The summed E-state index contributed by atoms with van der Waals surface area (Å²) < 4.78 is 6.28. The van der Waals surface area contributed by atoms with E-state index in [0.717, 1.165) is 16.5 Å². The number of thiophene rings is 1. The van der Waals surface area contributed by atoms with E-state index >= 15 is 0 Å². The first-order valence-corrected chi connectivity index (χ1v) is 10.7. The molecule has 0 spiro atoms. The first kappa shape index (κ1) is 21.0. The Hall–Kier alpha value is -4.84. The number of rotatable bonds is 6. The van der Waals surface area contributed by atoms with Crippen molar-refractivity contribution in [2.24, 2.45) is 0 Å². The van der Waals surface area contributed by atoms with Gasteiger partial charge in [0.1, 0.15) is 16.4 Å². The molecule has 0 aliphatic heterocycles. The van der Waals surface area contributed by atoms with Gasteiger partial charge in [-0.15, -0.1) is 11.3 Å². The van der Waals surface area contributed by atoms with Crippen LogP contribution in [0.5, 0.6) is 0 Å². The number of nitro groups is 1. The zero-order valence-corrected chi connectivity index (χ0v) is 18.0. The molecule has 12 heteroatoms. The molecule has 0 fully saturated rings. The van der Waals surface area contributed by atoms with Crippen molar-refractivity contribution in [2.75, 3.05) is 5.32 Å². The first-order chi connectivity index (χ1) is 16.5. The number of nitrogens with one attached hydrogen (secondary N) is 2. The highest BCUT2D eigenvalue weighted by molar-refractivity contribution is 7.13. The third-order valence-electron chi connectivity index (χ3n) is 4.72. The number of nitrogens with zero attached hydrogens (tertiary/aromatic N) is 4. The highest BCUT2D eigenvalue weighted by atomic mass is 32.1. The van der Waals surface area contributed by atoms with E-state index in [9.17, 15) is 19.7 Å². The molecule has 4 aromatic heterocycles.